The van der Waals surface area contributed by atoms with Crippen LogP contribution in [-0.4, -0.2) is 4.98 Å². The zero-order chi connectivity index (χ0) is 13.6. The Bertz CT molecular complexity index is 750. The Hall–Kier alpha value is -2.85. The lowest BCUT2D eigenvalue weighted by Crippen LogP contribution is -1.84. The molecule has 0 amide bonds. The zero-order valence-electron chi connectivity index (χ0n) is 11.0. The minimum absolute atomic E-state index is 0.926. The van der Waals surface area contributed by atoms with Crippen molar-refractivity contribution < 1.29 is 0 Å². The van der Waals surface area contributed by atoms with Crippen molar-refractivity contribution in [1.82, 2.24) is 4.98 Å². The van der Waals surface area contributed by atoms with Crippen LogP contribution in [0.5, 0.6) is 0 Å². The second-order valence-corrected chi connectivity index (χ2v) is 4.40. The van der Waals surface area contributed by atoms with Crippen molar-refractivity contribution in [3.05, 3.63) is 90.3 Å². The van der Waals surface area contributed by atoms with E-state index in [1.807, 2.05) is 48.5 Å². The number of hydrogen-bond acceptors (Lipinski definition) is 1. The number of pyridine rings is 1. The van der Waals surface area contributed by atoms with Gasteiger partial charge in [0.2, 0.25) is 0 Å². The van der Waals surface area contributed by atoms with Crippen LogP contribution >= 0.6 is 0 Å². The zero-order valence-corrected chi connectivity index (χ0v) is 11.0. The predicted octanol–water partition coefficient (Wildman–Crippen LogP) is 4.15. The number of benzene rings is 2. The molecule has 0 saturated carbocycles. The smallest absolute Gasteiger partial charge is 0.0432 e. The molecule has 0 atom stereocenters. The van der Waals surface area contributed by atoms with Gasteiger partial charge in [-0.25, -0.2) is 0 Å². The summed E-state index contributed by atoms with van der Waals surface area (Å²) in [6.07, 6.45) is 3.53. The van der Waals surface area contributed by atoms with E-state index in [0.717, 1.165) is 16.7 Å². The van der Waals surface area contributed by atoms with Gasteiger partial charge in [0.05, 0.1) is 0 Å². The molecule has 0 bridgehead atoms. The maximum atomic E-state index is 4.08. The van der Waals surface area contributed by atoms with Crippen LogP contribution in [0, 0.1) is 11.8 Å². The lowest BCUT2D eigenvalue weighted by atomic mass is 10.00. The van der Waals surface area contributed by atoms with Crippen molar-refractivity contribution in [2.75, 3.05) is 0 Å². The third-order valence-electron chi connectivity index (χ3n) is 3.01. The molecule has 20 heavy (non-hydrogen) atoms. The number of rotatable bonds is 1. The van der Waals surface area contributed by atoms with Crippen LogP contribution in [0.1, 0.15) is 11.1 Å². The largest absolute Gasteiger partial charge is 0.263 e. The Morgan fingerprint density at radius 2 is 1.50 bits per heavy atom. The van der Waals surface area contributed by atoms with Gasteiger partial charge in [0.1, 0.15) is 0 Å². The summed E-state index contributed by atoms with van der Waals surface area (Å²) in [7, 11) is 0. The molecule has 0 saturated heterocycles. The molecule has 0 aliphatic heterocycles. The van der Waals surface area contributed by atoms with E-state index < -0.39 is 0 Å². The highest BCUT2D eigenvalue weighted by Gasteiger charge is 2.01. The molecule has 1 heteroatoms. The Balaban J connectivity index is 2.02. The summed E-state index contributed by atoms with van der Waals surface area (Å²) in [6, 6.07) is 22.4. The average Bonchev–Trinajstić information content (AvgIpc) is 2.55. The molecule has 0 radical (unpaired) electrons. The summed E-state index contributed by atoms with van der Waals surface area (Å²) >= 11 is 0. The monoisotopic (exact) mass is 255 g/mol. The highest BCUT2D eigenvalue weighted by molar-refractivity contribution is 5.71. The Morgan fingerprint density at radius 3 is 2.30 bits per heavy atom. The Morgan fingerprint density at radius 1 is 0.700 bits per heavy atom. The lowest BCUT2D eigenvalue weighted by molar-refractivity contribution is 1.31. The first-order valence-corrected chi connectivity index (χ1v) is 6.50. The molecule has 0 unspecified atom stereocenters. The van der Waals surface area contributed by atoms with Gasteiger partial charge in [-0.2, -0.15) is 0 Å². The molecule has 0 aliphatic carbocycles. The second kappa shape index (κ2) is 5.86. The normalized spacial score (nSPS) is 9.60. The van der Waals surface area contributed by atoms with E-state index in [1.165, 1.54) is 5.56 Å². The van der Waals surface area contributed by atoms with Crippen LogP contribution in [0.2, 0.25) is 0 Å². The molecule has 1 aromatic heterocycles. The highest BCUT2D eigenvalue weighted by atomic mass is 14.6. The van der Waals surface area contributed by atoms with Crippen LogP contribution in [0.4, 0.5) is 0 Å². The fraction of sp³-hybridized carbons (Fsp3) is 0. The van der Waals surface area contributed by atoms with Gasteiger partial charge in [-0.15, -0.1) is 0 Å². The Kier molecular flexibility index (Phi) is 3.57. The van der Waals surface area contributed by atoms with Crippen LogP contribution in [-0.2, 0) is 0 Å². The molecular weight excluding hydrogens is 242 g/mol. The van der Waals surface area contributed by atoms with E-state index in [2.05, 4.69) is 35.0 Å². The average molecular weight is 255 g/mol. The minimum atomic E-state index is 0.926. The van der Waals surface area contributed by atoms with Gasteiger partial charge < -0.3 is 0 Å². The van der Waals surface area contributed by atoms with Crippen molar-refractivity contribution in [1.29, 1.82) is 0 Å². The molecule has 0 fully saturated rings. The standard InChI is InChI=1S/C19H13N/c1-2-8-17(9-3-1)19-11-5-4-10-18(19)13-12-16-7-6-14-20-15-16/h1-11,14-15H. The molecule has 1 nitrogen and oxygen atoms in total. The molecular formula is C19H13N. The second-order valence-electron chi connectivity index (χ2n) is 4.40. The summed E-state index contributed by atoms with van der Waals surface area (Å²) in [4.78, 5) is 4.08. The van der Waals surface area contributed by atoms with Crippen molar-refractivity contribution in [2.24, 2.45) is 0 Å². The van der Waals surface area contributed by atoms with E-state index in [0.29, 0.717) is 0 Å². The quantitative estimate of drug-likeness (QED) is 0.595. The van der Waals surface area contributed by atoms with Gasteiger partial charge >= 0.3 is 0 Å². The Labute approximate surface area is 118 Å². The maximum Gasteiger partial charge on any atom is 0.0432 e. The summed E-state index contributed by atoms with van der Waals surface area (Å²) < 4.78 is 0. The van der Waals surface area contributed by atoms with E-state index in [1.54, 1.807) is 12.4 Å². The summed E-state index contributed by atoms with van der Waals surface area (Å²) in [5.41, 5.74) is 4.30. The highest BCUT2D eigenvalue weighted by Crippen LogP contribution is 2.22. The molecule has 0 aliphatic rings. The van der Waals surface area contributed by atoms with Crippen molar-refractivity contribution in [3.63, 3.8) is 0 Å². The van der Waals surface area contributed by atoms with E-state index in [-0.39, 0.29) is 0 Å². The van der Waals surface area contributed by atoms with Gasteiger partial charge in [-0.1, -0.05) is 60.4 Å². The first kappa shape index (κ1) is 12.2. The molecule has 2 aromatic carbocycles. The van der Waals surface area contributed by atoms with Gasteiger partial charge in [0.15, 0.2) is 0 Å². The van der Waals surface area contributed by atoms with Crippen LogP contribution in [0.25, 0.3) is 11.1 Å². The van der Waals surface area contributed by atoms with Crippen LogP contribution < -0.4 is 0 Å². The van der Waals surface area contributed by atoms with E-state index in [4.69, 9.17) is 0 Å². The van der Waals surface area contributed by atoms with Gasteiger partial charge in [-0.05, 0) is 29.3 Å². The van der Waals surface area contributed by atoms with E-state index >= 15 is 0 Å². The molecule has 0 spiro atoms. The summed E-state index contributed by atoms with van der Waals surface area (Å²) in [6.45, 7) is 0. The number of nitrogens with zero attached hydrogens (tertiary/aromatic N) is 1. The first-order valence-electron chi connectivity index (χ1n) is 6.50. The SMILES string of the molecule is C(#Cc1ccccc1-c1ccccc1)c1cccnc1. The summed E-state index contributed by atoms with van der Waals surface area (Å²) in [5.74, 6) is 6.40. The fourth-order valence-electron chi connectivity index (χ4n) is 2.04. The van der Waals surface area contributed by atoms with Gasteiger partial charge in [-0.3, -0.25) is 4.98 Å². The number of hydrogen-bond donors (Lipinski definition) is 0. The minimum Gasteiger partial charge on any atom is -0.263 e. The molecule has 1 heterocycles. The van der Waals surface area contributed by atoms with Crippen molar-refractivity contribution >= 4 is 0 Å². The molecule has 3 rings (SSSR count). The van der Waals surface area contributed by atoms with Crippen molar-refractivity contribution in [3.8, 4) is 23.0 Å². The van der Waals surface area contributed by atoms with Crippen LogP contribution in [0.15, 0.2) is 79.1 Å². The third-order valence-corrected chi connectivity index (χ3v) is 3.01. The number of aromatic nitrogens is 1. The fourth-order valence-corrected chi connectivity index (χ4v) is 2.04. The van der Waals surface area contributed by atoms with Crippen molar-refractivity contribution in [2.45, 2.75) is 0 Å². The maximum absolute atomic E-state index is 4.08. The first-order chi connectivity index (χ1) is 9.93. The topological polar surface area (TPSA) is 12.9 Å². The lowest BCUT2D eigenvalue weighted by Gasteiger charge is -2.04. The third kappa shape index (κ3) is 2.76. The van der Waals surface area contributed by atoms with Gasteiger partial charge in [0, 0.05) is 23.5 Å². The predicted molar refractivity (Wildman–Crippen MR) is 82.1 cm³/mol. The van der Waals surface area contributed by atoms with Crippen LogP contribution in [0.3, 0.4) is 0 Å². The summed E-state index contributed by atoms with van der Waals surface area (Å²) in [5, 5.41) is 0. The molecule has 94 valence electrons. The molecule has 0 N–H and O–H groups in total. The van der Waals surface area contributed by atoms with E-state index in [9.17, 15) is 0 Å². The molecule has 3 aromatic rings. The van der Waals surface area contributed by atoms with Gasteiger partial charge in [0.25, 0.3) is 0 Å².